The number of aliphatic carboxylic acids is 1. The predicted molar refractivity (Wildman–Crippen MR) is 149 cm³/mol. The van der Waals surface area contributed by atoms with Gasteiger partial charge in [-0.2, -0.15) is 0 Å². The molecule has 0 aliphatic heterocycles. The van der Waals surface area contributed by atoms with Crippen LogP contribution < -0.4 is 14.2 Å². The zero-order valence-electron chi connectivity index (χ0n) is 21.7. The number of benzene rings is 4. The molecule has 198 valence electrons. The Morgan fingerprint density at radius 2 is 1.26 bits per heavy atom. The number of hydrogen-bond acceptors (Lipinski definition) is 8. The van der Waals surface area contributed by atoms with E-state index in [2.05, 4.69) is 0 Å². The van der Waals surface area contributed by atoms with Gasteiger partial charge in [-0.05, 0) is 35.9 Å². The molecule has 0 bridgehead atoms. The second kappa shape index (κ2) is 9.99. The second-order valence-electron chi connectivity index (χ2n) is 9.22. The van der Waals surface area contributed by atoms with Crippen molar-refractivity contribution in [1.29, 1.82) is 0 Å². The second-order valence-corrected chi connectivity index (χ2v) is 10.2. The van der Waals surface area contributed by atoms with E-state index in [1.165, 1.54) is 32.1 Å². The van der Waals surface area contributed by atoms with Gasteiger partial charge < -0.3 is 19.3 Å². The van der Waals surface area contributed by atoms with Crippen LogP contribution in [0.2, 0.25) is 0 Å². The van der Waals surface area contributed by atoms with Crippen LogP contribution in [0, 0.1) is 6.92 Å². The molecule has 0 aliphatic rings. The number of rotatable bonds is 6. The Kier molecular flexibility index (Phi) is 6.69. The smallest absolute Gasteiger partial charge is 0.308 e. The van der Waals surface area contributed by atoms with Gasteiger partial charge in [0.2, 0.25) is 0 Å². The van der Waals surface area contributed by atoms with Gasteiger partial charge >= 0.3 is 23.9 Å². The third-order valence-corrected chi connectivity index (χ3v) is 7.73. The summed E-state index contributed by atoms with van der Waals surface area (Å²) in [6.07, 6.45) is 0.162. The maximum Gasteiger partial charge on any atom is 0.308 e. The average molecular weight is 545 g/mol. The Morgan fingerprint density at radius 3 is 1.87 bits per heavy atom. The molecule has 0 amide bonds. The molecular weight excluding hydrogens is 520 g/mol. The Labute approximate surface area is 226 Å². The molecule has 39 heavy (non-hydrogen) atoms. The minimum absolute atomic E-state index is 0.0867. The van der Waals surface area contributed by atoms with Crippen molar-refractivity contribution in [2.45, 2.75) is 40.5 Å². The van der Waals surface area contributed by atoms with E-state index in [1.54, 1.807) is 18.2 Å². The number of fused-ring (bicyclic) bond motifs is 5. The van der Waals surface area contributed by atoms with E-state index in [9.17, 15) is 24.3 Å². The fourth-order valence-corrected chi connectivity index (χ4v) is 6.24. The molecule has 4 aromatic carbocycles. The standard InChI is InChI=1S/C30H24O8S/c1-14-19-7-5-6-8-20(19)26(36-15(2)31)24-25-27(37-16(3)32)22-13-18(10-12-23(34)35)9-11-21(22)28(38-17(4)33)30(25)39-29(14)24/h5-9,11,13H,10,12H2,1-4H3,(H,34,35). The Morgan fingerprint density at radius 1 is 0.718 bits per heavy atom. The van der Waals surface area contributed by atoms with Gasteiger partial charge in [0.25, 0.3) is 0 Å². The molecule has 8 nitrogen and oxygen atoms in total. The fourth-order valence-electron chi connectivity index (χ4n) is 4.94. The molecule has 0 unspecified atom stereocenters. The molecule has 5 rings (SSSR count). The van der Waals surface area contributed by atoms with Gasteiger partial charge in [-0.3, -0.25) is 19.2 Å². The highest BCUT2D eigenvalue weighted by Gasteiger charge is 2.27. The van der Waals surface area contributed by atoms with E-state index in [4.69, 9.17) is 14.2 Å². The number of carbonyl (C=O) groups is 4. The van der Waals surface area contributed by atoms with Crippen molar-refractivity contribution in [3.05, 3.63) is 53.6 Å². The maximum absolute atomic E-state index is 12.4. The molecule has 1 N–H and O–H groups in total. The monoisotopic (exact) mass is 544 g/mol. The molecule has 0 aliphatic carbocycles. The summed E-state index contributed by atoms with van der Waals surface area (Å²) in [6.45, 7) is 5.86. The first-order chi connectivity index (χ1) is 18.6. The highest BCUT2D eigenvalue weighted by molar-refractivity contribution is 7.26. The number of hydrogen-bond donors (Lipinski definition) is 1. The number of esters is 3. The van der Waals surface area contributed by atoms with Crippen LogP contribution in [-0.2, 0) is 25.6 Å². The number of ether oxygens (including phenoxy) is 3. The first-order valence-electron chi connectivity index (χ1n) is 12.2. The molecule has 1 heterocycles. The zero-order valence-corrected chi connectivity index (χ0v) is 22.5. The van der Waals surface area contributed by atoms with Crippen molar-refractivity contribution in [2.75, 3.05) is 0 Å². The Bertz CT molecular complexity index is 1860. The lowest BCUT2D eigenvalue weighted by Crippen LogP contribution is -2.06. The van der Waals surface area contributed by atoms with Crippen molar-refractivity contribution in [3.8, 4) is 17.2 Å². The van der Waals surface area contributed by atoms with Gasteiger partial charge in [-0.15, -0.1) is 11.3 Å². The van der Waals surface area contributed by atoms with Crippen LogP contribution in [0.15, 0.2) is 42.5 Å². The lowest BCUT2D eigenvalue weighted by Gasteiger charge is -2.16. The number of carboxylic acid groups (broad SMARTS) is 1. The third-order valence-electron chi connectivity index (χ3n) is 6.42. The van der Waals surface area contributed by atoms with E-state index in [0.717, 1.165) is 15.6 Å². The van der Waals surface area contributed by atoms with E-state index >= 15 is 0 Å². The van der Waals surface area contributed by atoms with Crippen LogP contribution in [0.25, 0.3) is 41.7 Å². The van der Waals surface area contributed by atoms with E-state index in [1.807, 2.05) is 31.2 Å². The summed E-state index contributed by atoms with van der Waals surface area (Å²) in [5.41, 5.74) is 1.62. The van der Waals surface area contributed by atoms with Crippen molar-refractivity contribution >= 4 is 76.9 Å². The highest BCUT2D eigenvalue weighted by Crippen LogP contribution is 2.54. The molecule has 1 aromatic heterocycles. The summed E-state index contributed by atoms with van der Waals surface area (Å²) in [4.78, 5) is 48.1. The molecule has 0 radical (unpaired) electrons. The van der Waals surface area contributed by atoms with Gasteiger partial charge in [0.15, 0.2) is 5.75 Å². The lowest BCUT2D eigenvalue weighted by molar-refractivity contribution is -0.137. The molecule has 0 saturated heterocycles. The lowest BCUT2D eigenvalue weighted by atomic mass is 9.96. The van der Waals surface area contributed by atoms with Crippen LogP contribution in [0.4, 0.5) is 0 Å². The van der Waals surface area contributed by atoms with Crippen molar-refractivity contribution in [2.24, 2.45) is 0 Å². The zero-order chi connectivity index (χ0) is 28.0. The number of aryl methyl sites for hydroxylation is 2. The highest BCUT2D eigenvalue weighted by atomic mass is 32.1. The maximum atomic E-state index is 12.4. The molecule has 5 aromatic rings. The quantitative estimate of drug-likeness (QED) is 0.191. The normalized spacial score (nSPS) is 11.3. The first-order valence-corrected chi connectivity index (χ1v) is 13.0. The van der Waals surface area contributed by atoms with Crippen molar-refractivity contribution in [3.63, 3.8) is 0 Å². The van der Waals surface area contributed by atoms with Gasteiger partial charge in [0.05, 0.1) is 10.1 Å². The Balaban J connectivity index is 2.04. The summed E-state index contributed by atoms with van der Waals surface area (Å²) in [5, 5.41) is 12.8. The minimum Gasteiger partial charge on any atom is -0.481 e. The van der Waals surface area contributed by atoms with Gasteiger partial charge in [-0.25, -0.2) is 0 Å². The molecular formula is C30H24O8S. The Hall–Kier alpha value is -4.50. The van der Waals surface area contributed by atoms with Crippen LogP contribution in [-0.4, -0.2) is 29.0 Å². The number of carboxylic acids is 1. The van der Waals surface area contributed by atoms with Gasteiger partial charge in [0.1, 0.15) is 11.5 Å². The van der Waals surface area contributed by atoms with Crippen LogP contribution in [0.3, 0.4) is 0 Å². The number of thiophene rings is 1. The van der Waals surface area contributed by atoms with Crippen molar-refractivity contribution < 1.29 is 38.5 Å². The van der Waals surface area contributed by atoms with Crippen LogP contribution >= 0.6 is 11.3 Å². The molecule has 0 saturated carbocycles. The topological polar surface area (TPSA) is 116 Å². The SMILES string of the molecule is CC(=O)Oc1c2ccc(CCC(=O)O)cc2c(OC(C)=O)c2c1sc1c(C)c3ccccc3c(OC(C)=O)c12. The summed E-state index contributed by atoms with van der Waals surface area (Å²) >= 11 is 1.35. The minimum atomic E-state index is -0.941. The van der Waals surface area contributed by atoms with Crippen LogP contribution in [0.5, 0.6) is 17.2 Å². The summed E-state index contributed by atoms with van der Waals surface area (Å²) in [5.74, 6) is -1.75. The number of carbonyl (C=O) groups excluding carboxylic acids is 3. The largest absolute Gasteiger partial charge is 0.481 e. The average Bonchev–Trinajstić information content (AvgIpc) is 3.27. The van der Waals surface area contributed by atoms with Gasteiger partial charge in [0, 0.05) is 53.4 Å². The predicted octanol–water partition coefficient (Wildman–Crippen LogP) is 6.46. The molecule has 0 spiro atoms. The van der Waals surface area contributed by atoms with E-state index in [-0.39, 0.29) is 24.3 Å². The van der Waals surface area contributed by atoms with E-state index in [0.29, 0.717) is 42.9 Å². The summed E-state index contributed by atoms with van der Waals surface area (Å²) in [6, 6.07) is 12.8. The first kappa shape index (κ1) is 26.1. The third kappa shape index (κ3) is 4.66. The molecule has 9 heteroatoms. The van der Waals surface area contributed by atoms with Gasteiger partial charge in [-0.1, -0.05) is 36.4 Å². The fraction of sp³-hybridized carbons (Fsp3) is 0.200. The molecule has 0 atom stereocenters. The summed E-state index contributed by atoms with van der Waals surface area (Å²) in [7, 11) is 0. The summed E-state index contributed by atoms with van der Waals surface area (Å²) < 4.78 is 18.7. The van der Waals surface area contributed by atoms with E-state index < -0.39 is 23.9 Å². The molecule has 0 fully saturated rings. The van der Waals surface area contributed by atoms with Crippen LogP contribution in [0.1, 0.15) is 38.3 Å². The van der Waals surface area contributed by atoms with Crippen molar-refractivity contribution in [1.82, 2.24) is 0 Å².